The van der Waals surface area contributed by atoms with E-state index in [2.05, 4.69) is 0 Å². The zero-order chi connectivity index (χ0) is 17.9. The van der Waals surface area contributed by atoms with Gasteiger partial charge in [0.15, 0.2) is 0 Å². The quantitative estimate of drug-likeness (QED) is 0.794. The van der Waals surface area contributed by atoms with Gasteiger partial charge in [-0.1, -0.05) is 18.2 Å². The molecule has 0 spiro atoms. The van der Waals surface area contributed by atoms with Crippen LogP contribution in [0.3, 0.4) is 0 Å². The molecule has 0 aliphatic carbocycles. The van der Waals surface area contributed by atoms with Gasteiger partial charge in [-0.15, -0.1) is 11.3 Å². The molecule has 0 saturated carbocycles. The Hall–Kier alpha value is -1.90. The third kappa shape index (κ3) is 4.02. The maximum Gasteiger partial charge on any atom is 0.252 e. The summed E-state index contributed by atoms with van der Waals surface area (Å²) < 4.78 is 32.0. The SMILES string of the molecule is COc1cccc(CC(=O)N2CCN(S(=O)(=O)c3cccs3)CC2)c1. The summed E-state index contributed by atoms with van der Waals surface area (Å²) in [5.41, 5.74) is 0.887. The van der Waals surface area contributed by atoms with Crippen molar-refractivity contribution in [3.05, 3.63) is 47.3 Å². The largest absolute Gasteiger partial charge is 0.497 e. The molecular formula is C17H20N2O4S2. The van der Waals surface area contributed by atoms with Gasteiger partial charge in [0, 0.05) is 26.2 Å². The second-order valence-electron chi connectivity index (χ2n) is 5.75. The zero-order valence-corrected chi connectivity index (χ0v) is 15.6. The predicted octanol–water partition coefficient (Wildman–Crippen LogP) is 1.83. The van der Waals surface area contributed by atoms with Crippen LogP contribution in [0.2, 0.25) is 0 Å². The van der Waals surface area contributed by atoms with E-state index in [1.165, 1.54) is 15.6 Å². The average molecular weight is 380 g/mol. The maximum absolute atomic E-state index is 12.5. The number of hydrogen-bond donors (Lipinski definition) is 0. The van der Waals surface area contributed by atoms with Gasteiger partial charge < -0.3 is 9.64 Å². The van der Waals surface area contributed by atoms with Crippen molar-refractivity contribution >= 4 is 27.3 Å². The fourth-order valence-electron chi connectivity index (χ4n) is 2.78. The lowest BCUT2D eigenvalue weighted by atomic mass is 10.1. The van der Waals surface area contributed by atoms with E-state index in [4.69, 9.17) is 4.74 Å². The molecule has 6 nitrogen and oxygen atoms in total. The number of carbonyl (C=O) groups is 1. The van der Waals surface area contributed by atoms with E-state index < -0.39 is 10.0 Å². The molecule has 0 N–H and O–H groups in total. The first-order chi connectivity index (χ1) is 12.0. The lowest BCUT2D eigenvalue weighted by molar-refractivity contribution is -0.131. The molecule has 1 aliphatic heterocycles. The predicted molar refractivity (Wildman–Crippen MR) is 96.4 cm³/mol. The lowest BCUT2D eigenvalue weighted by Gasteiger charge is -2.33. The van der Waals surface area contributed by atoms with Gasteiger partial charge in [0.2, 0.25) is 5.91 Å². The first-order valence-corrected chi connectivity index (χ1v) is 10.3. The minimum absolute atomic E-state index is 0.00132. The summed E-state index contributed by atoms with van der Waals surface area (Å²) in [7, 11) is -1.85. The summed E-state index contributed by atoms with van der Waals surface area (Å²) in [6.07, 6.45) is 0.287. The summed E-state index contributed by atoms with van der Waals surface area (Å²) in [6, 6.07) is 10.8. The number of carbonyl (C=O) groups excluding carboxylic acids is 1. The van der Waals surface area contributed by atoms with Gasteiger partial charge in [-0.3, -0.25) is 4.79 Å². The molecule has 0 unspecified atom stereocenters. The number of piperazine rings is 1. The van der Waals surface area contributed by atoms with Crippen molar-refractivity contribution in [2.24, 2.45) is 0 Å². The molecule has 134 valence electrons. The maximum atomic E-state index is 12.5. The number of rotatable bonds is 5. The highest BCUT2D eigenvalue weighted by atomic mass is 32.2. The molecule has 0 radical (unpaired) electrons. The fourth-order valence-corrected chi connectivity index (χ4v) is 5.35. The number of amides is 1. The van der Waals surface area contributed by atoms with Gasteiger partial charge in [-0.05, 0) is 29.1 Å². The smallest absolute Gasteiger partial charge is 0.252 e. The van der Waals surface area contributed by atoms with E-state index in [-0.39, 0.29) is 12.3 Å². The highest BCUT2D eigenvalue weighted by molar-refractivity contribution is 7.91. The number of ether oxygens (including phenoxy) is 1. The zero-order valence-electron chi connectivity index (χ0n) is 13.9. The van der Waals surface area contributed by atoms with E-state index in [1.54, 1.807) is 29.5 Å². The van der Waals surface area contributed by atoms with E-state index in [0.29, 0.717) is 30.4 Å². The third-order valence-electron chi connectivity index (χ3n) is 4.17. The third-order valence-corrected chi connectivity index (χ3v) is 7.44. The van der Waals surface area contributed by atoms with Crippen molar-refractivity contribution in [1.82, 2.24) is 9.21 Å². The number of nitrogens with zero attached hydrogens (tertiary/aromatic N) is 2. The van der Waals surface area contributed by atoms with Crippen LogP contribution >= 0.6 is 11.3 Å². The molecule has 2 aromatic rings. The molecule has 1 fully saturated rings. The Morgan fingerprint density at radius 2 is 1.92 bits per heavy atom. The Morgan fingerprint density at radius 3 is 2.56 bits per heavy atom. The molecule has 1 saturated heterocycles. The minimum atomic E-state index is -3.44. The molecule has 1 aromatic carbocycles. The van der Waals surface area contributed by atoms with Gasteiger partial charge in [0.25, 0.3) is 10.0 Å². The van der Waals surface area contributed by atoms with Crippen LogP contribution in [0, 0.1) is 0 Å². The topological polar surface area (TPSA) is 66.9 Å². The summed E-state index contributed by atoms with van der Waals surface area (Å²) in [5.74, 6) is 0.721. The monoisotopic (exact) mass is 380 g/mol. The van der Waals surface area contributed by atoms with Crippen LogP contribution in [0.1, 0.15) is 5.56 Å². The summed E-state index contributed by atoms with van der Waals surface area (Å²) in [6.45, 7) is 1.47. The highest BCUT2D eigenvalue weighted by Crippen LogP contribution is 2.22. The molecule has 1 aliphatic rings. The van der Waals surface area contributed by atoms with Gasteiger partial charge in [0.05, 0.1) is 13.5 Å². The van der Waals surface area contributed by atoms with Crippen molar-refractivity contribution in [1.29, 1.82) is 0 Å². The molecular weight excluding hydrogens is 360 g/mol. The Labute approximate surface area is 151 Å². The van der Waals surface area contributed by atoms with Crippen molar-refractivity contribution in [3.63, 3.8) is 0 Å². The molecule has 3 rings (SSSR count). The molecule has 0 atom stereocenters. The number of methoxy groups -OCH3 is 1. The number of thiophene rings is 1. The van der Waals surface area contributed by atoms with Crippen LogP contribution in [0.15, 0.2) is 46.0 Å². The molecule has 1 aromatic heterocycles. The average Bonchev–Trinajstić information content (AvgIpc) is 3.17. The van der Waals surface area contributed by atoms with Crippen LogP contribution in [0.4, 0.5) is 0 Å². The summed E-state index contributed by atoms with van der Waals surface area (Å²) in [5, 5.41) is 1.75. The van der Waals surface area contributed by atoms with Gasteiger partial charge in [-0.2, -0.15) is 4.31 Å². The Morgan fingerprint density at radius 1 is 1.16 bits per heavy atom. The van der Waals surface area contributed by atoms with Crippen molar-refractivity contribution in [2.75, 3.05) is 33.3 Å². The number of benzene rings is 1. The van der Waals surface area contributed by atoms with E-state index in [0.717, 1.165) is 11.3 Å². The molecule has 8 heteroatoms. The highest BCUT2D eigenvalue weighted by Gasteiger charge is 2.30. The fraction of sp³-hybridized carbons (Fsp3) is 0.353. The molecule has 0 bridgehead atoms. The number of sulfonamides is 1. The van der Waals surface area contributed by atoms with E-state index >= 15 is 0 Å². The number of hydrogen-bond acceptors (Lipinski definition) is 5. The first-order valence-electron chi connectivity index (χ1n) is 7.95. The Balaban J connectivity index is 1.59. The lowest BCUT2D eigenvalue weighted by Crippen LogP contribution is -2.50. The second kappa shape index (κ2) is 7.55. The van der Waals surface area contributed by atoms with Crippen LogP contribution < -0.4 is 4.74 Å². The van der Waals surface area contributed by atoms with Crippen LogP contribution in [0.25, 0.3) is 0 Å². The molecule has 1 amide bonds. The normalized spacial score (nSPS) is 16.0. The van der Waals surface area contributed by atoms with Crippen LogP contribution in [-0.2, 0) is 21.2 Å². The summed E-state index contributed by atoms with van der Waals surface area (Å²) >= 11 is 1.21. The first kappa shape index (κ1) is 17.9. The second-order valence-corrected chi connectivity index (χ2v) is 8.86. The van der Waals surface area contributed by atoms with Gasteiger partial charge in [0.1, 0.15) is 9.96 Å². The Bertz CT molecular complexity index is 826. The van der Waals surface area contributed by atoms with Gasteiger partial charge in [-0.25, -0.2) is 8.42 Å². The molecule has 25 heavy (non-hydrogen) atoms. The van der Waals surface area contributed by atoms with Gasteiger partial charge >= 0.3 is 0 Å². The van der Waals surface area contributed by atoms with Crippen molar-refractivity contribution < 1.29 is 17.9 Å². The van der Waals surface area contributed by atoms with Crippen LogP contribution in [-0.4, -0.2) is 56.8 Å². The Kier molecular flexibility index (Phi) is 5.41. The van der Waals surface area contributed by atoms with Crippen molar-refractivity contribution in [3.8, 4) is 5.75 Å². The summed E-state index contributed by atoms with van der Waals surface area (Å²) in [4.78, 5) is 14.2. The van der Waals surface area contributed by atoms with E-state index in [9.17, 15) is 13.2 Å². The minimum Gasteiger partial charge on any atom is -0.497 e. The van der Waals surface area contributed by atoms with Crippen molar-refractivity contribution in [2.45, 2.75) is 10.6 Å². The molecule has 2 heterocycles. The van der Waals surface area contributed by atoms with Crippen LogP contribution in [0.5, 0.6) is 5.75 Å². The standard InChI is InChI=1S/C17H20N2O4S2/c1-23-15-5-2-4-14(12-15)13-16(20)18-7-9-19(10-8-18)25(21,22)17-6-3-11-24-17/h2-6,11-12H,7-10,13H2,1H3. The van der Waals surface area contributed by atoms with E-state index in [1.807, 2.05) is 24.3 Å².